The molecule has 0 spiro atoms. The van der Waals surface area contributed by atoms with E-state index in [-0.39, 0.29) is 5.41 Å². The van der Waals surface area contributed by atoms with E-state index in [1.165, 1.54) is 51.6 Å². The highest BCUT2D eigenvalue weighted by Crippen LogP contribution is 2.60. The van der Waals surface area contributed by atoms with Gasteiger partial charge in [-0.15, -0.1) is 0 Å². The molecule has 0 amide bonds. The minimum atomic E-state index is 0.0520. The van der Waals surface area contributed by atoms with E-state index >= 15 is 0 Å². The lowest BCUT2D eigenvalue weighted by atomic mass is 9.74. The third kappa shape index (κ3) is 10.6. The number of nitrogens with two attached hydrogens (primary N) is 1. The van der Waals surface area contributed by atoms with Gasteiger partial charge in [-0.3, -0.25) is 0 Å². The van der Waals surface area contributed by atoms with Crippen LogP contribution in [-0.2, 0) is 11.8 Å². The van der Waals surface area contributed by atoms with E-state index in [0.29, 0.717) is 17.3 Å². The highest BCUT2D eigenvalue weighted by atomic mass is 16.6. The van der Waals surface area contributed by atoms with Crippen molar-refractivity contribution in [1.29, 1.82) is 0 Å². The Morgan fingerprint density at radius 1 is 0.552 bits per heavy atom. The Hall–Kier alpha value is -5.64. The van der Waals surface area contributed by atoms with Crippen LogP contribution in [0.3, 0.4) is 0 Å². The van der Waals surface area contributed by atoms with Crippen LogP contribution in [0.15, 0.2) is 164 Å². The zero-order valence-electron chi connectivity index (χ0n) is 36.3. The average Bonchev–Trinajstić information content (AvgIpc) is 3.48. The van der Waals surface area contributed by atoms with Gasteiger partial charge in [0, 0.05) is 11.5 Å². The first-order valence-electron chi connectivity index (χ1n) is 20.8. The standard InChI is InChI=1S/C34H28O2.C13H12.C5H12.C2H6.CH5N/c1-34(2)27-11-7-6-10-26(27)32-28(34)17-19-30-33(32)36-29-18-16-25(21-31(29)35-30)24-14-12-23(13-15-24)20-22-8-4-3-5-9-22;1-11-7-9-13(10-8-11)12-5-3-2-4-6-12;1-5(2,3)4;2*1-2/h3-19,21,26-27H,20H2,1-2H3;2-10H,1H3;1-4H3;1-2H3;2H2,1H3. The molecule has 2 atom stereocenters. The van der Waals surface area contributed by atoms with Crippen LogP contribution in [0.5, 0.6) is 23.0 Å². The first kappa shape index (κ1) is 43.5. The van der Waals surface area contributed by atoms with Gasteiger partial charge in [-0.05, 0) is 94.3 Å². The summed E-state index contributed by atoms with van der Waals surface area (Å²) >= 11 is 0. The largest absolute Gasteiger partial charge is 0.449 e. The monoisotopic (exact) mass is 769 g/mol. The second kappa shape index (κ2) is 19.7. The second-order valence-corrected chi connectivity index (χ2v) is 16.9. The molecule has 1 aliphatic heterocycles. The van der Waals surface area contributed by atoms with E-state index in [1.807, 2.05) is 26.0 Å². The van der Waals surface area contributed by atoms with Crippen LogP contribution in [0, 0.1) is 18.3 Å². The van der Waals surface area contributed by atoms with E-state index < -0.39 is 0 Å². The van der Waals surface area contributed by atoms with Crippen molar-refractivity contribution in [1.82, 2.24) is 0 Å². The summed E-state index contributed by atoms with van der Waals surface area (Å²) in [6.45, 7) is 19.5. The van der Waals surface area contributed by atoms with Gasteiger partial charge in [-0.2, -0.15) is 0 Å². The molecule has 1 heterocycles. The summed E-state index contributed by atoms with van der Waals surface area (Å²) in [7, 11) is 1.50. The van der Waals surface area contributed by atoms with Crippen LogP contribution in [0.1, 0.15) is 89.1 Å². The van der Waals surface area contributed by atoms with E-state index in [4.69, 9.17) is 9.47 Å². The molecule has 2 N–H and O–H groups in total. The number of hydrogen-bond acceptors (Lipinski definition) is 3. The Morgan fingerprint density at radius 2 is 1.05 bits per heavy atom. The Bertz CT molecular complexity index is 2250. The van der Waals surface area contributed by atoms with Gasteiger partial charge in [-0.25, -0.2) is 0 Å². The van der Waals surface area contributed by atoms with Crippen LogP contribution in [-0.4, -0.2) is 7.05 Å². The molecule has 0 aromatic heterocycles. The number of fused-ring (bicyclic) bond motifs is 6. The quantitative estimate of drug-likeness (QED) is 0.194. The molecule has 0 radical (unpaired) electrons. The van der Waals surface area contributed by atoms with E-state index in [9.17, 15) is 0 Å². The van der Waals surface area contributed by atoms with Crippen molar-refractivity contribution in [3.05, 3.63) is 192 Å². The van der Waals surface area contributed by atoms with Crippen molar-refractivity contribution in [3.8, 4) is 45.3 Å². The third-order valence-corrected chi connectivity index (χ3v) is 10.2. The fourth-order valence-electron chi connectivity index (χ4n) is 7.51. The van der Waals surface area contributed by atoms with Gasteiger partial charge < -0.3 is 15.2 Å². The molecule has 6 aromatic rings. The summed E-state index contributed by atoms with van der Waals surface area (Å²) in [5.74, 6) is 3.96. The van der Waals surface area contributed by atoms with Crippen LogP contribution < -0.4 is 15.2 Å². The van der Waals surface area contributed by atoms with Crippen LogP contribution in [0.2, 0.25) is 0 Å². The number of rotatable bonds is 4. The number of allylic oxidation sites excluding steroid dienone is 4. The molecule has 300 valence electrons. The normalized spacial score (nSPS) is 15.8. The predicted octanol–water partition coefficient (Wildman–Crippen LogP) is 15.3. The maximum atomic E-state index is 6.56. The number of ether oxygens (including phenoxy) is 2. The molecule has 9 rings (SSSR count). The highest BCUT2D eigenvalue weighted by molar-refractivity contribution is 5.71. The zero-order valence-corrected chi connectivity index (χ0v) is 36.3. The van der Waals surface area contributed by atoms with Crippen molar-refractivity contribution in [3.63, 3.8) is 0 Å². The smallest absolute Gasteiger partial charge is 0.174 e. The average molecular weight is 770 g/mol. The Kier molecular flexibility index (Phi) is 14.8. The molecule has 0 fully saturated rings. The van der Waals surface area contributed by atoms with Gasteiger partial charge in [0.15, 0.2) is 23.0 Å². The van der Waals surface area contributed by atoms with Gasteiger partial charge in [0.05, 0.1) is 0 Å². The molecule has 0 bridgehead atoms. The van der Waals surface area contributed by atoms with E-state index in [0.717, 1.165) is 35.0 Å². The lowest BCUT2D eigenvalue weighted by molar-refractivity contribution is 0.354. The van der Waals surface area contributed by atoms with Gasteiger partial charge in [0.2, 0.25) is 0 Å². The molecule has 0 saturated heterocycles. The van der Waals surface area contributed by atoms with Gasteiger partial charge in [0.1, 0.15) is 0 Å². The lowest BCUT2D eigenvalue weighted by Gasteiger charge is -2.29. The van der Waals surface area contributed by atoms with Gasteiger partial charge in [0.25, 0.3) is 0 Å². The Morgan fingerprint density at radius 3 is 1.69 bits per heavy atom. The number of benzene rings is 6. The fourth-order valence-corrected chi connectivity index (χ4v) is 7.51. The maximum absolute atomic E-state index is 6.56. The minimum Gasteiger partial charge on any atom is -0.449 e. The van der Waals surface area contributed by atoms with Crippen LogP contribution >= 0.6 is 0 Å². The SMILES string of the molecule is CC.CC(C)(C)C.CC1(C)c2ccc3c(c2C2C=CC=CC21)Oc1ccc(-c2ccc(Cc4ccccc4)cc2)cc1O3.CN.Cc1ccc(-c2ccccc2)cc1. The lowest BCUT2D eigenvalue weighted by Crippen LogP contribution is -2.24. The van der Waals surface area contributed by atoms with Crippen LogP contribution in [0.25, 0.3) is 22.3 Å². The molecular weight excluding hydrogens is 707 g/mol. The second-order valence-electron chi connectivity index (χ2n) is 16.9. The number of aryl methyl sites for hydroxylation is 1. The van der Waals surface area contributed by atoms with Gasteiger partial charge >= 0.3 is 0 Å². The Balaban J connectivity index is 0.000000241. The summed E-state index contributed by atoms with van der Waals surface area (Å²) in [4.78, 5) is 0. The minimum absolute atomic E-state index is 0.0520. The predicted molar refractivity (Wildman–Crippen MR) is 248 cm³/mol. The summed E-state index contributed by atoms with van der Waals surface area (Å²) in [5.41, 5.74) is 16.5. The molecule has 3 heteroatoms. The summed E-state index contributed by atoms with van der Waals surface area (Å²) < 4.78 is 13.0. The van der Waals surface area contributed by atoms with Crippen molar-refractivity contribution in [2.45, 2.75) is 80.1 Å². The summed E-state index contributed by atoms with van der Waals surface area (Å²) in [6, 6.07) is 49.0. The summed E-state index contributed by atoms with van der Waals surface area (Å²) in [6.07, 6.45) is 9.91. The maximum Gasteiger partial charge on any atom is 0.174 e. The van der Waals surface area contributed by atoms with Gasteiger partial charge in [-0.1, -0.05) is 207 Å². The van der Waals surface area contributed by atoms with E-state index in [1.54, 1.807) is 0 Å². The molecule has 3 nitrogen and oxygen atoms in total. The van der Waals surface area contributed by atoms with Crippen molar-refractivity contribution >= 4 is 0 Å². The molecule has 3 aliphatic rings. The first-order chi connectivity index (χ1) is 27.9. The molecule has 6 aromatic carbocycles. The third-order valence-electron chi connectivity index (χ3n) is 10.2. The first-order valence-corrected chi connectivity index (χ1v) is 20.8. The summed E-state index contributed by atoms with van der Waals surface area (Å²) in [5, 5.41) is 0. The molecule has 2 unspecified atom stereocenters. The van der Waals surface area contributed by atoms with Crippen molar-refractivity contribution in [2.24, 2.45) is 17.1 Å². The molecule has 2 aliphatic carbocycles. The number of hydrogen-bond donors (Lipinski definition) is 1. The Labute approximate surface area is 349 Å². The van der Waals surface area contributed by atoms with Crippen molar-refractivity contribution in [2.75, 3.05) is 7.05 Å². The topological polar surface area (TPSA) is 44.5 Å². The molecule has 0 saturated carbocycles. The zero-order chi connectivity index (χ0) is 41.9. The molecular formula is C55H63NO2. The van der Waals surface area contributed by atoms with E-state index in [2.05, 4.69) is 206 Å². The van der Waals surface area contributed by atoms with Crippen molar-refractivity contribution < 1.29 is 9.47 Å². The fraction of sp³-hybridized carbons (Fsp3) is 0.273. The highest BCUT2D eigenvalue weighted by Gasteiger charge is 2.47. The molecule has 58 heavy (non-hydrogen) atoms. The van der Waals surface area contributed by atoms with Crippen LogP contribution in [0.4, 0.5) is 0 Å².